The molecular weight excluding hydrogens is 913 g/mol. The van der Waals surface area contributed by atoms with Crippen molar-refractivity contribution in [2.24, 2.45) is 17.2 Å². The van der Waals surface area contributed by atoms with Gasteiger partial charge < -0.3 is 69.0 Å². The van der Waals surface area contributed by atoms with E-state index in [1.165, 1.54) is 13.8 Å². The Hall–Kier alpha value is -6.71. The Bertz CT molecular complexity index is 2380. The van der Waals surface area contributed by atoms with Gasteiger partial charge in [0.25, 0.3) is 0 Å². The number of aromatic amines is 1. The molecule has 1 saturated heterocycles. The first-order chi connectivity index (χ1) is 34.0. The number of hydrogen-bond donors (Lipinski definition) is 12. The molecule has 20 heteroatoms. The first-order valence-electron chi connectivity index (χ1n) is 24.2. The molecule has 5 rings (SSSR count). The van der Waals surface area contributed by atoms with Crippen LogP contribution in [0.15, 0.2) is 91.1 Å². The summed E-state index contributed by atoms with van der Waals surface area (Å²) in [6.07, 6.45) is 0.0888. The number of aliphatic hydroxyl groups excluding tert-OH is 2. The second-order valence-corrected chi connectivity index (χ2v) is 18.2. The quantitative estimate of drug-likeness (QED) is 0.0481. The number of amides is 6. The lowest BCUT2D eigenvalue weighted by atomic mass is 9.99. The zero-order valence-corrected chi connectivity index (χ0v) is 40.3. The summed E-state index contributed by atoms with van der Waals surface area (Å²) >= 11 is 0. The number of aliphatic hydroxyl groups is 2. The van der Waals surface area contributed by atoms with Crippen LogP contribution in [-0.4, -0.2) is 130 Å². The number of esters is 1. The van der Waals surface area contributed by atoms with Gasteiger partial charge in [0.15, 0.2) is 0 Å². The third kappa shape index (κ3) is 17.0. The minimum Gasteiger partial charge on any atom is -0.461 e. The van der Waals surface area contributed by atoms with Crippen LogP contribution in [0.25, 0.3) is 10.9 Å². The largest absolute Gasteiger partial charge is 0.461 e. The van der Waals surface area contributed by atoms with Crippen LogP contribution in [0.1, 0.15) is 75.5 Å². The number of fused-ring (bicyclic) bond motifs is 1. The van der Waals surface area contributed by atoms with E-state index in [1.807, 2.05) is 54.6 Å². The fourth-order valence-electron chi connectivity index (χ4n) is 8.16. The number of H-pyrrole nitrogens is 1. The van der Waals surface area contributed by atoms with Crippen molar-refractivity contribution in [3.05, 3.63) is 108 Å². The van der Waals surface area contributed by atoms with Crippen LogP contribution >= 0.6 is 0 Å². The predicted molar refractivity (Wildman–Crippen MR) is 266 cm³/mol. The van der Waals surface area contributed by atoms with Gasteiger partial charge in [-0.05, 0) is 81.7 Å². The van der Waals surface area contributed by atoms with E-state index in [0.29, 0.717) is 24.0 Å². The topological polar surface area (TPSA) is 335 Å². The van der Waals surface area contributed by atoms with Gasteiger partial charge in [0.2, 0.25) is 35.4 Å². The molecule has 20 nitrogen and oxygen atoms in total. The highest BCUT2D eigenvalue weighted by Crippen LogP contribution is 2.20. The molecule has 384 valence electrons. The highest BCUT2D eigenvalue weighted by Gasteiger charge is 2.36. The van der Waals surface area contributed by atoms with Crippen LogP contribution in [0.5, 0.6) is 0 Å². The van der Waals surface area contributed by atoms with Crippen LogP contribution in [0, 0.1) is 0 Å². The fraction of sp³-hybridized carbons (Fsp3) is 0.471. The molecule has 1 aromatic heterocycles. The lowest BCUT2D eigenvalue weighted by Crippen LogP contribution is -2.61. The molecule has 1 aliphatic rings. The van der Waals surface area contributed by atoms with Crippen molar-refractivity contribution in [3.8, 4) is 0 Å². The molecule has 10 atom stereocenters. The van der Waals surface area contributed by atoms with Crippen molar-refractivity contribution >= 4 is 52.3 Å². The van der Waals surface area contributed by atoms with Gasteiger partial charge in [-0.15, -0.1) is 0 Å². The summed E-state index contributed by atoms with van der Waals surface area (Å²) in [7, 11) is 0. The molecule has 0 aliphatic carbocycles. The number of carbonyl (C=O) groups is 7. The fourth-order valence-corrected chi connectivity index (χ4v) is 8.16. The Morgan fingerprint density at radius 1 is 0.704 bits per heavy atom. The number of nitrogens with two attached hydrogens (primary N) is 3. The molecule has 71 heavy (non-hydrogen) atoms. The average molecular weight is 983 g/mol. The molecule has 4 aromatic rings. The molecule has 0 spiro atoms. The van der Waals surface area contributed by atoms with Crippen LogP contribution in [0.2, 0.25) is 0 Å². The van der Waals surface area contributed by atoms with Gasteiger partial charge in [0, 0.05) is 36.0 Å². The third-order valence-corrected chi connectivity index (χ3v) is 12.4. The molecule has 3 aromatic carbocycles. The number of benzene rings is 3. The monoisotopic (exact) mass is 983 g/mol. The van der Waals surface area contributed by atoms with Gasteiger partial charge >= 0.3 is 5.97 Å². The van der Waals surface area contributed by atoms with Crippen molar-refractivity contribution < 1.29 is 48.5 Å². The minimum atomic E-state index is -1.64. The zero-order valence-electron chi connectivity index (χ0n) is 40.3. The molecule has 0 bridgehead atoms. The molecule has 2 heterocycles. The molecule has 0 radical (unpaired) electrons. The van der Waals surface area contributed by atoms with E-state index in [-0.39, 0.29) is 57.9 Å². The van der Waals surface area contributed by atoms with E-state index in [4.69, 9.17) is 21.9 Å². The number of para-hydroxylation sites is 1. The highest BCUT2D eigenvalue weighted by molar-refractivity contribution is 5.98. The summed E-state index contributed by atoms with van der Waals surface area (Å²) in [4.78, 5) is 103. The number of carbonyl (C=O) groups excluding carboxylic acids is 7. The van der Waals surface area contributed by atoms with Crippen LogP contribution in [-0.2, 0) is 57.6 Å². The van der Waals surface area contributed by atoms with Crippen molar-refractivity contribution in [1.82, 2.24) is 36.9 Å². The van der Waals surface area contributed by atoms with Crippen molar-refractivity contribution in [2.45, 2.75) is 139 Å². The van der Waals surface area contributed by atoms with E-state index in [2.05, 4.69) is 36.9 Å². The van der Waals surface area contributed by atoms with Crippen molar-refractivity contribution in [2.75, 3.05) is 13.2 Å². The van der Waals surface area contributed by atoms with Crippen LogP contribution in [0.4, 0.5) is 0 Å². The molecule has 6 amide bonds. The van der Waals surface area contributed by atoms with E-state index in [9.17, 15) is 43.8 Å². The normalized spacial score (nSPS) is 22.8. The second kappa shape index (κ2) is 27.6. The van der Waals surface area contributed by atoms with Gasteiger partial charge in [-0.1, -0.05) is 91.7 Å². The van der Waals surface area contributed by atoms with Gasteiger partial charge in [-0.25, -0.2) is 4.79 Å². The van der Waals surface area contributed by atoms with Crippen molar-refractivity contribution in [1.29, 1.82) is 0 Å². The number of nitrogens with one attached hydrogen (secondary N) is 7. The number of ether oxygens (including phenoxy) is 1. The standard InChI is InChI=1S/C51H70N10O10/c1-30(53)43(63)29-71-51(70)40-23-12-11-21-38(56-45(64)36(54)25-32-15-5-3-6-16-32)46(65)59-41(26-33-17-7-4-8-18-33)48(67)60-42(27-34-28-55-37-20-10-9-19-35(34)37)49(68)57-39(22-13-14-24-52)47(66)61-44(31(2)62)50(69)58-40/h3-10,15-20,28,30-31,36,38-44,55,62-63H,11-14,21-27,29,52-54H2,1-2H3,(H,56,64)(H,57,68)(H,58,69)(H,59,65)(H,60,67)(H,61,66)/t30-,31-,36-,38+,39+,40+,41+,42-,43-,44+/m1/s1. The molecule has 15 N–H and O–H groups in total. The van der Waals surface area contributed by atoms with Crippen molar-refractivity contribution in [3.63, 3.8) is 0 Å². The Labute approximate surface area is 413 Å². The lowest BCUT2D eigenvalue weighted by molar-refractivity contribution is -0.151. The third-order valence-electron chi connectivity index (χ3n) is 12.4. The molecule has 1 fully saturated rings. The Morgan fingerprint density at radius 2 is 1.30 bits per heavy atom. The maximum absolute atomic E-state index is 14.7. The van der Waals surface area contributed by atoms with Gasteiger partial charge in [-0.2, -0.15) is 0 Å². The predicted octanol–water partition coefficient (Wildman–Crippen LogP) is -0.233. The maximum atomic E-state index is 14.7. The molecule has 1 aliphatic heterocycles. The highest BCUT2D eigenvalue weighted by atomic mass is 16.5. The van der Waals surface area contributed by atoms with E-state index in [0.717, 1.165) is 16.5 Å². The summed E-state index contributed by atoms with van der Waals surface area (Å²) < 4.78 is 5.36. The Balaban J connectivity index is 1.55. The molecule has 0 saturated carbocycles. The summed E-state index contributed by atoms with van der Waals surface area (Å²) in [6.45, 7) is 2.56. The Kier molecular flexibility index (Phi) is 21.5. The van der Waals surface area contributed by atoms with Crippen LogP contribution in [0.3, 0.4) is 0 Å². The van der Waals surface area contributed by atoms with Gasteiger partial charge in [-0.3, -0.25) is 28.8 Å². The van der Waals surface area contributed by atoms with Gasteiger partial charge in [0.05, 0.1) is 12.1 Å². The minimum absolute atomic E-state index is 0.0278. The molecule has 0 unspecified atom stereocenters. The number of hydrogen-bond acceptors (Lipinski definition) is 13. The first kappa shape index (κ1) is 55.2. The summed E-state index contributed by atoms with van der Waals surface area (Å²) in [5, 5.41) is 38.3. The van der Waals surface area contributed by atoms with Gasteiger partial charge in [0.1, 0.15) is 49.0 Å². The summed E-state index contributed by atoms with van der Waals surface area (Å²) in [5.41, 5.74) is 20.8. The number of unbranched alkanes of at least 4 members (excludes halogenated alkanes) is 1. The second-order valence-electron chi connectivity index (χ2n) is 18.2. The van der Waals surface area contributed by atoms with E-state index in [1.54, 1.807) is 36.5 Å². The van der Waals surface area contributed by atoms with E-state index >= 15 is 0 Å². The maximum Gasteiger partial charge on any atom is 0.328 e. The summed E-state index contributed by atoms with van der Waals surface area (Å²) in [6, 6.07) is 15.3. The Morgan fingerprint density at radius 3 is 1.96 bits per heavy atom. The van der Waals surface area contributed by atoms with Crippen LogP contribution < -0.4 is 49.1 Å². The zero-order chi connectivity index (χ0) is 51.5. The lowest BCUT2D eigenvalue weighted by Gasteiger charge is -2.29. The number of aromatic nitrogens is 1. The smallest absolute Gasteiger partial charge is 0.328 e. The molecular formula is C51H70N10O10. The first-order valence-corrected chi connectivity index (χ1v) is 24.2. The number of rotatable bonds is 17. The van der Waals surface area contributed by atoms with E-state index < -0.39 is 109 Å². The SMILES string of the molecule is C[C@@H](N)[C@H](O)COC(=O)[C@@H]1CCCC[C@H](NC(=O)[C@H](N)Cc2ccccc2)C(=O)N[C@@H](Cc2ccccc2)C(=O)N[C@H](Cc2c[nH]c3ccccc23)C(=O)N[C@@H](CCCCN)C(=O)N[C@@H]([C@@H](C)O)C(=O)N1. The average Bonchev–Trinajstić information content (AvgIpc) is 3.76. The summed E-state index contributed by atoms with van der Waals surface area (Å²) in [5.74, 6) is -5.65.